The zero-order chi connectivity index (χ0) is 24.5. The van der Waals surface area contributed by atoms with E-state index in [4.69, 9.17) is 0 Å². The number of fused-ring (bicyclic) bond motifs is 1. The van der Waals surface area contributed by atoms with E-state index in [2.05, 4.69) is 22.3 Å². The Morgan fingerprint density at radius 3 is 2.51 bits per heavy atom. The topological polar surface area (TPSA) is 78.7 Å². The van der Waals surface area contributed by atoms with Gasteiger partial charge in [-0.2, -0.15) is 5.10 Å². The van der Waals surface area contributed by atoms with Crippen molar-refractivity contribution in [1.82, 2.24) is 24.1 Å². The molecule has 1 unspecified atom stereocenters. The molecule has 0 saturated carbocycles. The molecule has 0 spiro atoms. The summed E-state index contributed by atoms with van der Waals surface area (Å²) in [6.45, 7) is 10.1. The summed E-state index contributed by atoms with van der Waals surface area (Å²) in [7, 11) is 1.94. The Labute approximate surface area is 214 Å². The molecule has 1 aromatic heterocycles. The lowest BCUT2D eigenvalue weighted by atomic mass is 9.86. The van der Waals surface area contributed by atoms with Gasteiger partial charge in [-0.25, -0.2) is 14.1 Å². The van der Waals surface area contributed by atoms with Crippen molar-refractivity contribution in [3.63, 3.8) is 0 Å². The molecule has 0 radical (unpaired) electrons. The Morgan fingerprint density at radius 1 is 1.17 bits per heavy atom. The number of aromatic nitrogens is 2. The summed E-state index contributed by atoms with van der Waals surface area (Å²) in [5.74, 6) is 0.0591. The van der Waals surface area contributed by atoms with Crippen LogP contribution in [0.5, 0.6) is 0 Å². The molecular weight excluding hydrogens is 466 g/mol. The minimum Gasteiger partial charge on any atom is -0.465 e. The van der Waals surface area contributed by atoms with Gasteiger partial charge in [0.25, 0.3) is 0 Å². The smallest absolute Gasteiger partial charge is 0.407 e. The molecule has 3 heterocycles. The average molecular weight is 505 g/mol. The summed E-state index contributed by atoms with van der Waals surface area (Å²) in [5.41, 5.74) is 3.81. The minimum atomic E-state index is -0.930. The van der Waals surface area contributed by atoms with Gasteiger partial charge in [0.2, 0.25) is 0 Å². The third kappa shape index (κ3) is 5.25. The quantitative estimate of drug-likeness (QED) is 0.573. The van der Waals surface area contributed by atoms with Crippen molar-refractivity contribution in [1.29, 1.82) is 0 Å². The monoisotopic (exact) mass is 504 g/mol. The number of carbonyl (C=O) groups excluding carboxylic acids is 1. The van der Waals surface area contributed by atoms with Gasteiger partial charge in [-0.1, -0.05) is 6.42 Å². The molecule has 3 atom stereocenters. The Morgan fingerprint density at radius 2 is 1.89 bits per heavy atom. The van der Waals surface area contributed by atoms with E-state index in [-0.39, 0.29) is 34.9 Å². The van der Waals surface area contributed by atoms with Crippen molar-refractivity contribution in [2.75, 3.05) is 33.2 Å². The van der Waals surface area contributed by atoms with Crippen LogP contribution in [0.1, 0.15) is 58.1 Å². The number of halogens is 1. The van der Waals surface area contributed by atoms with Crippen LogP contribution in [0.25, 0.3) is 11.1 Å². The first kappa shape index (κ1) is 27.2. The van der Waals surface area contributed by atoms with Crippen LogP contribution in [0.3, 0.4) is 0 Å². The third-order valence-corrected chi connectivity index (χ3v) is 8.01. The summed E-state index contributed by atoms with van der Waals surface area (Å²) in [4.78, 5) is 28.8. The second-order valence-corrected chi connectivity index (χ2v) is 9.93. The van der Waals surface area contributed by atoms with Crippen LogP contribution >= 0.6 is 12.4 Å². The summed E-state index contributed by atoms with van der Waals surface area (Å²) in [6.07, 6.45) is 7.51. The lowest BCUT2D eigenvalue weighted by molar-refractivity contribution is -0.129. The number of amides is 2. The number of hydrogen-bond donors (Lipinski definition) is 1. The lowest BCUT2D eigenvalue weighted by Crippen LogP contribution is -2.60. The van der Waals surface area contributed by atoms with Crippen LogP contribution < -0.4 is 4.48 Å². The first-order chi connectivity index (χ1) is 16.3. The zero-order valence-electron chi connectivity index (χ0n) is 21.3. The molecule has 2 aromatic rings. The molecule has 1 aromatic carbocycles. The van der Waals surface area contributed by atoms with E-state index in [9.17, 15) is 14.7 Å². The fraction of sp³-hybridized carbons (Fsp3) is 0.577. The number of quaternary nitrogens is 1. The molecule has 2 amide bonds. The third-order valence-electron chi connectivity index (χ3n) is 8.01. The Balaban J connectivity index is 0.00000342. The van der Waals surface area contributed by atoms with Gasteiger partial charge in [-0.3, -0.25) is 4.68 Å². The molecule has 35 heavy (non-hydrogen) atoms. The number of nitrogens with zero attached hydrogens (tertiary/aromatic N) is 5. The van der Waals surface area contributed by atoms with E-state index in [0.29, 0.717) is 13.0 Å². The van der Waals surface area contributed by atoms with E-state index in [0.717, 1.165) is 35.5 Å². The molecule has 1 fully saturated rings. The first-order valence-corrected chi connectivity index (χ1v) is 12.5. The van der Waals surface area contributed by atoms with Gasteiger partial charge >= 0.3 is 12.0 Å². The number of hydrogen-bond acceptors (Lipinski definition) is 4. The molecule has 9 heteroatoms. The van der Waals surface area contributed by atoms with Crippen molar-refractivity contribution in [2.24, 2.45) is 0 Å². The minimum absolute atomic E-state index is 0. The maximum absolute atomic E-state index is 12.8. The normalized spacial score (nSPS) is 24.3. The van der Waals surface area contributed by atoms with Crippen LogP contribution in [-0.4, -0.2) is 76.0 Å². The van der Waals surface area contributed by atoms with Crippen LogP contribution in [0.4, 0.5) is 10.5 Å². The van der Waals surface area contributed by atoms with Gasteiger partial charge < -0.3 is 14.9 Å². The molecule has 192 valence electrons. The van der Waals surface area contributed by atoms with E-state index in [1.807, 2.05) is 43.9 Å². The number of rotatable bonds is 6. The number of benzene rings is 1. The second-order valence-electron chi connectivity index (χ2n) is 9.93. The van der Waals surface area contributed by atoms with Gasteiger partial charge in [0.15, 0.2) is 0 Å². The highest BCUT2D eigenvalue weighted by molar-refractivity contribution is 5.89. The molecule has 0 bridgehead atoms. The molecule has 4 rings (SSSR count). The van der Waals surface area contributed by atoms with Gasteiger partial charge in [0.1, 0.15) is 5.69 Å². The molecular formula is C26H39ClN5O3+. The number of piperidine rings is 1. The maximum atomic E-state index is 12.8. The number of carbonyl (C=O) groups is 2. The highest BCUT2D eigenvalue weighted by Gasteiger charge is 2.47. The van der Waals surface area contributed by atoms with E-state index in [1.165, 1.54) is 37.3 Å². The fourth-order valence-electron chi connectivity index (χ4n) is 5.65. The predicted molar refractivity (Wildman–Crippen MR) is 141 cm³/mol. The van der Waals surface area contributed by atoms with Gasteiger partial charge in [-0.05, 0) is 57.5 Å². The summed E-state index contributed by atoms with van der Waals surface area (Å²) >= 11 is 0. The standard InChI is InChI=1S/C26H37N5O3.ClH/c1-5-30(26(33)34)24-15-19(2)31(4,20(3)32)25-10-9-21(16-23(24)25)22-17-27-29(18-22)14-13-28-11-7-6-8-12-28;/h9-10,16-19,24H,5-8,11-15H2,1-4H3;1H/p+1/t19-,24?,31+;/m0./s1. The van der Waals surface area contributed by atoms with Gasteiger partial charge in [-0.15, -0.1) is 12.4 Å². The van der Waals surface area contributed by atoms with Crippen molar-refractivity contribution in [2.45, 2.75) is 65.1 Å². The van der Waals surface area contributed by atoms with Crippen LogP contribution in [0, 0.1) is 0 Å². The van der Waals surface area contributed by atoms with Crippen molar-refractivity contribution in [3.8, 4) is 11.1 Å². The maximum Gasteiger partial charge on any atom is 0.407 e. The summed E-state index contributed by atoms with van der Waals surface area (Å²) < 4.78 is 2.17. The largest absolute Gasteiger partial charge is 0.465 e. The molecule has 2 aliphatic rings. The lowest BCUT2D eigenvalue weighted by Gasteiger charge is -2.45. The van der Waals surface area contributed by atoms with Crippen LogP contribution in [0.2, 0.25) is 0 Å². The van der Waals surface area contributed by atoms with Crippen molar-refractivity contribution in [3.05, 3.63) is 36.2 Å². The van der Waals surface area contributed by atoms with E-state index in [1.54, 1.807) is 6.92 Å². The molecule has 1 N–H and O–H groups in total. The molecule has 8 nitrogen and oxygen atoms in total. The Hall–Kier alpha value is -2.42. The average Bonchev–Trinajstić information content (AvgIpc) is 3.30. The first-order valence-electron chi connectivity index (χ1n) is 12.5. The predicted octanol–water partition coefficient (Wildman–Crippen LogP) is 4.77. The Kier molecular flexibility index (Phi) is 8.62. The molecule has 2 aliphatic heterocycles. The zero-order valence-corrected chi connectivity index (χ0v) is 22.1. The molecule has 0 aliphatic carbocycles. The van der Waals surface area contributed by atoms with Gasteiger partial charge in [0.05, 0.1) is 38.8 Å². The van der Waals surface area contributed by atoms with E-state index >= 15 is 0 Å². The Bertz CT molecular complexity index is 1050. The van der Waals surface area contributed by atoms with Crippen molar-refractivity contribution < 1.29 is 14.7 Å². The number of carboxylic acid groups (broad SMARTS) is 1. The van der Waals surface area contributed by atoms with E-state index < -0.39 is 6.09 Å². The second kappa shape index (κ2) is 11.1. The highest BCUT2D eigenvalue weighted by atomic mass is 35.5. The summed E-state index contributed by atoms with van der Waals surface area (Å²) in [5, 5.41) is 14.5. The number of likely N-dealkylation sites (tertiary alicyclic amines) is 1. The SMILES string of the molecule is CCN(C(=O)O)C1C[C@H](C)[N@+](C)(C(C)=O)c2ccc(-c3cnn(CCN4CCCCC4)c3)cc21.Cl. The molecule has 1 saturated heterocycles. The van der Waals surface area contributed by atoms with Crippen LogP contribution in [-0.2, 0) is 11.3 Å². The van der Waals surface area contributed by atoms with Crippen LogP contribution in [0.15, 0.2) is 30.6 Å². The van der Waals surface area contributed by atoms with Crippen molar-refractivity contribution >= 4 is 30.1 Å². The fourth-order valence-corrected chi connectivity index (χ4v) is 5.65. The van der Waals surface area contributed by atoms with Gasteiger partial charge in [0, 0.05) is 42.9 Å². The summed E-state index contributed by atoms with van der Waals surface area (Å²) in [6, 6.07) is 5.81. The highest BCUT2D eigenvalue weighted by Crippen LogP contribution is 2.45.